The lowest BCUT2D eigenvalue weighted by atomic mass is 9.97. The van der Waals surface area contributed by atoms with Gasteiger partial charge < -0.3 is 14.8 Å². The van der Waals surface area contributed by atoms with Crippen LogP contribution in [0.3, 0.4) is 0 Å². The minimum absolute atomic E-state index is 0.0970. The number of hydrogen-bond donors (Lipinski definition) is 1. The number of nitrogens with one attached hydrogen (secondary N) is 1. The lowest BCUT2D eigenvalue weighted by Crippen LogP contribution is -2.35. The highest BCUT2D eigenvalue weighted by molar-refractivity contribution is 7.11. The Morgan fingerprint density at radius 3 is 2.71 bits per heavy atom. The van der Waals surface area contributed by atoms with Crippen molar-refractivity contribution in [2.24, 2.45) is 0 Å². The van der Waals surface area contributed by atoms with Crippen molar-refractivity contribution in [3.8, 4) is 0 Å². The summed E-state index contributed by atoms with van der Waals surface area (Å²) in [6.07, 6.45) is 3.43. The van der Waals surface area contributed by atoms with E-state index in [4.69, 9.17) is 14.5 Å². The molecule has 1 N–H and O–H groups in total. The minimum atomic E-state index is -0.217. The van der Waals surface area contributed by atoms with E-state index >= 15 is 0 Å². The zero-order valence-corrected chi connectivity index (χ0v) is 14.7. The maximum Gasteiger partial charge on any atom is 0.125 e. The van der Waals surface area contributed by atoms with Gasteiger partial charge in [-0.3, -0.25) is 0 Å². The van der Waals surface area contributed by atoms with Crippen molar-refractivity contribution >= 4 is 11.3 Å². The molecular weight excluding hydrogens is 284 g/mol. The van der Waals surface area contributed by atoms with Crippen molar-refractivity contribution in [2.75, 3.05) is 13.7 Å². The summed E-state index contributed by atoms with van der Waals surface area (Å²) in [5.74, 6) is 0. The molecule has 1 aliphatic heterocycles. The summed E-state index contributed by atoms with van der Waals surface area (Å²) in [5.41, 5.74) is 0.926. The van der Waals surface area contributed by atoms with Gasteiger partial charge in [-0.2, -0.15) is 0 Å². The fourth-order valence-corrected chi connectivity index (χ4v) is 3.58. The Balaban J connectivity index is 2.19. The van der Waals surface area contributed by atoms with Crippen LogP contribution < -0.4 is 5.32 Å². The number of ether oxygens (including phenoxy) is 2. The Morgan fingerprint density at radius 1 is 1.38 bits per heavy atom. The molecule has 1 unspecified atom stereocenters. The molecule has 1 aliphatic rings. The molecule has 2 rings (SSSR count). The molecule has 1 atom stereocenters. The van der Waals surface area contributed by atoms with Gasteiger partial charge in [0.2, 0.25) is 0 Å². The molecule has 1 saturated heterocycles. The third kappa shape index (κ3) is 4.49. The third-order valence-corrected chi connectivity index (χ3v) is 5.10. The first-order valence-corrected chi connectivity index (χ1v) is 8.53. The van der Waals surface area contributed by atoms with E-state index in [2.05, 4.69) is 33.0 Å². The number of nitrogens with zero attached hydrogens (tertiary/aromatic N) is 1. The first kappa shape index (κ1) is 16.9. The average Bonchev–Trinajstić information content (AvgIpc) is 2.81. The van der Waals surface area contributed by atoms with E-state index in [1.165, 1.54) is 11.3 Å². The number of rotatable bonds is 5. The second-order valence-corrected chi connectivity index (χ2v) is 8.05. The van der Waals surface area contributed by atoms with Gasteiger partial charge in [-0.1, -0.05) is 0 Å². The summed E-state index contributed by atoms with van der Waals surface area (Å²) in [5, 5.41) is 4.64. The normalized spacial score (nSPS) is 23.5. The molecule has 0 radical (unpaired) electrons. The van der Waals surface area contributed by atoms with Gasteiger partial charge in [0.25, 0.3) is 0 Å². The van der Waals surface area contributed by atoms with Crippen LogP contribution >= 0.6 is 11.3 Å². The van der Waals surface area contributed by atoms with Gasteiger partial charge in [0, 0.05) is 30.7 Å². The molecule has 1 fully saturated rings. The molecule has 0 saturated carbocycles. The molecule has 0 bridgehead atoms. The van der Waals surface area contributed by atoms with Crippen molar-refractivity contribution in [3.05, 3.63) is 15.6 Å². The van der Waals surface area contributed by atoms with E-state index < -0.39 is 0 Å². The van der Waals surface area contributed by atoms with Crippen LogP contribution in [0.1, 0.15) is 62.5 Å². The van der Waals surface area contributed by atoms with Crippen LogP contribution in [0.25, 0.3) is 0 Å². The molecule has 2 heterocycles. The third-order valence-electron chi connectivity index (χ3n) is 3.76. The van der Waals surface area contributed by atoms with Gasteiger partial charge in [-0.15, -0.1) is 11.3 Å². The highest BCUT2D eigenvalue weighted by Gasteiger charge is 2.34. The number of methoxy groups -OCH3 is 1. The van der Waals surface area contributed by atoms with Gasteiger partial charge in [0.05, 0.1) is 12.3 Å². The highest BCUT2D eigenvalue weighted by atomic mass is 32.1. The fraction of sp³-hybridized carbons (Fsp3) is 0.812. The predicted molar refractivity (Wildman–Crippen MR) is 86.6 cm³/mol. The molecule has 4 nitrogen and oxygen atoms in total. The molecule has 21 heavy (non-hydrogen) atoms. The molecule has 0 aliphatic carbocycles. The van der Waals surface area contributed by atoms with Crippen LogP contribution in [0.15, 0.2) is 0 Å². The summed E-state index contributed by atoms with van der Waals surface area (Å²) >= 11 is 1.77. The fourth-order valence-electron chi connectivity index (χ4n) is 2.45. The van der Waals surface area contributed by atoms with Gasteiger partial charge in [-0.05, 0) is 47.0 Å². The van der Waals surface area contributed by atoms with Gasteiger partial charge in [0.1, 0.15) is 10.6 Å². The second-order valence-electron chi connectivity index (χ2n) is 6.96. The van der Waals surface area contributed by atoms with Crippen molar-refractivity contribution in [1.29, 1.82) is 0 Å². The smallest absolute Gasteiger partial charge is 0.125 e. The molecule has 5 heteroatoms. The summed E-state index contributed by atoms with van der Waals surface area (Å²) < 4.78 is 11.3. The molecular formula is C16H28N2O2S. The molecule has 0 amide bonds. The van der Waals surface area contributed by atoms with E-state index in [-0.39, 0.29) is 11.1 Å². The van der Waals surface area contributed by atoms with Crippen molar-refractivity contribution < 1.29 is 9.47 Å². The number of thiazole rings is 1. The first-order chi connectivity index (χ1) is 9.84. The van der Waals surface area contributed by atoms with Crippen LogP contribution in [-0.2, 0) is 28.2 Å². The predicted octanol–water partition coefficient (Wildman–Crippen LogP) is 3.59. The lowest BCUT2D eigenvalue weighted by molar-refractivity contribution is -0.0703. The summed E-state index contributed by atoms with van der Waals surface area (Å²) in [7, 11) is 1.72. The Morgan fingerprint density at radius 2 is 2.14 bits per heavy atom. The Hall–Kier alpha value is -0.490. The van der Waals surface area contributed by atoms with Crippen molar-refractivity contribution in [3.63, 3.8) is 0 Å². The van der Waals surface area contributed by atoms with Gasteiger partial charge >= 0.3 is 0 Å². The lowest BCUT2D eigenvalue weighted by Gasteiger charge is -2.31. The average molecular weight is 312 g/mol. The maximum absolute atomic E-state index is 6.03. The Bertz CT molecular complexity index is 459. The maximum atomic E-state index is 6.03. The molecule has 0 aromatic carbocycles. The van der Waals surface area contributed by atoms with E-state index in [1.54, 1.807) is 18.4 Å². The standard InChI is InChI=1S/C16H28N2O2S/c1-15(2,3)17-10-13-12(11-19-5)18-14(21-13)16(4)8-6-7-9-20-16/h17H,6-11H2,1-5H3. The second kappa shape index (κ2) is 6.73. The van der Waals surface area contributed by atoms with E-state index in [0.29, 0.717) is 6.61 Å². The number of aromatic nitrogens is 1. The van der Waals surface area contributed by atoms with Crippen LogP contribution in [-0.4, -0.2) is 24.2 Å². The Labute approximate surface area is 132 Å². The number of hydrogen-bond acceptors (Lipinski definition) is 5. The topological polar surface area (TPSA) is 43.4 Å². The summed E-state index contributed by atoms with van der Waals surface area (Å²) in [4.78, 5) is 6.09. The van der Waals surface area contributed by atoms with Crippen molar-refractivity contribution in [1.82, 2.24) is 10.3 Å². The minimum Gasteiger partial charge on any atom is -0.378 e. The van der Waals surface area contributed by atoms with Crippen LogP contribution in [0.5, 0.6) is 0 Å². The molecule has 1 aromatic rings. The zero-order valence-electron chi connectivity index (χ0n) is 13.9. The van der Waals surface area contributed by atoms with Crippen LogP contribution in [0, 0.1) is 0 Å². The quantitative estimate of drug-likeness (QED) is 0.902. The zero-order chi connectivity index (χ0) is 15.5. The highest BCUT2D eigenvalue weighted by Crippen LogP contribution is 2.38. The molecule has 1 aromatic heterocycles. The van der Waals surface area contributed by atoms with E-state index in [1.807, 2.05) is 0 Å². The van der Waals surface area contributed by atoms with Gasteiger partial charge in [0.15, 0.2) is 0 Å². The van der Waals surface area contributed by atoms with E-state index in [0.717, 1.165) is 36.7 Å². The van der Waals surface area contributed by atoms with Gasteiger partial charge in [-0.25, -0.2) is 4.98 Å². The largest absolute Gasteiger partial charge is 0.378 e. The monoisotopic (exact) mass is 312 g/mol. The summed E-state index contributed by atoms with van der Waals surface area (Å²) in [6.45, 7) is 10.9. The molecule has 120 valence electrons. The SMILES string of the molecule is COCc1nc(C2(C)CCCCO2)sc1CNC(C)(C)C. The van der Waals surface area contributed by atoms with Crippen molar-refractivity contribution in [2.45, 2.75) is 71.2 Å². The Kier molecular flexibility index (Phi) is 5.41. The summed E-state index contributed by atoms with van der Waals surface area (Å²) in [6, 6.07) is 0. The first-order valence-electron chi connectivity index (χ1n) is 7.71. The van der Waals surface area contributed by atoms with E-state index in [9.17, 15) is 0 Å². The van der Waals surface area contributed by atoms with Crippen LogP contribution in [0.2, 0.25) is 0 Å². The molecule has 0 spiro atoms. The van der Waals surface area contributed by atoms with Crippen LogP contribution in [0.4, 0.5) is 0 Å².